The molecule has 2 aromatic rings. The third-order valence-corrected chi connectivity index (χ3v) is 6.21. The van der Waals surface area contributed by atoms with Crippen molar-refractivity contribution >= 4 is 28.8 Å². The van der Waals surface area contributed by atoms with Crippen LogP contribution < -0.4 is 0 Å². The molecule has 6 heteroatoms. The predicted molar refractivity (Wildman–Crippen MR) is 96.4 cm³/mol. The molecule has 3 saturated heterocycles. The van der Waals surface area contributed by atoms with E-state index in [0.29, 0.717) is 16.3 Å². The van der Waals surface area contributed by atoms with Gasteiger partial charge < -0.3 is 4.90 Å². The second-order valence-corrected chi connectivity index (χ2v) is 8.38. The number of fused-ring (bicyclic) bond motifs is 4. The molecule has 4 nitrogen and oxygen atoms in total. The smallest absolute Gasteiger partial charge is 0.264 e. The quantitative estimate of drug-likeness (QED) is 0.839. The van der Waals surface area contributed by atoms with E-state index in [-0.39, 0.29) is 5.91 Å². The Morgan fingerprint density at radius 2 is 2.12 bits per heavy atom. The fourth-order valence-electron chi connectivity index (χ4n) is 3.82. The zero-order valence-electron chi connectivity index (χ0n) is 13.4. The number of carbonyl (C=O) groups excluding carboxylic acids is 1. The number of pyridine rings is 1. The maximum atomic E-state index is 12.8. The molecule has 0 unspecified atom stereocenters. The molecule has 0 aromatic carbocycles. The van der Waals surface area contributed by atoms with E-state index in [9.17, 15) is 4.79 Å². The van der Waals surface area contributed by atoms with Gasteiger partial charge in [-0.15, -0.1) is 11.3 Å². The first-order chi connectivity index (χ1) is 11.7. The molecule has 5 heterocycles. The zero-order chi connectivity index (χ0) is 16.5. The van der Waals surface area contributed by atoms with E-state index in [1.807, 2.05) is 29.3 Å². The van der Waals surface area contributed by atoms with Gasteiger partial charge in [-0.2, -0.15) is 0 Å². The Morgan fingerprint density at radius 3 is 2.88 bits per heavy atom. The predicted octanol–water partition coefficient (Wildman–Crippen LogP) is 3.53. The van der Waals surface area contributed by atoms with Crippen LogP contribution in [0.25, 0.3) is 0 Å². The van der Waals surface area contributed by atoms with Crippen molar-refractivity contribution in [2.45, 2.75) is 25.4 Å². The SMILES string of the molecule is O=C(c1ccc(Cl)s1)N1C[C@@H]2CC[C@H](C1)N(Cc1ccccn1)C2. The molecule has 3 aliphatic rings. The molecule has 2 aromatic heterocycles. The molecule has 0 radical (unpaired) electrons. The lowest BCUT2D eigenvalue weighted by atomic mass is 9.95. The van der Waals surface area contributed by atoms with Crippen molar-refractivity contribution in [1.82, 2.24) is 14.8 Å². The lowest BCUT2D eigenvalue weighted by Gasteiger charge is -2.35. The van der Waals surface area contributed by atoms with Gasteiger partial charge in [-0.25, -0.2) is 0 Å². The fourth-order valence-corrected chi connectivity index (χ4v) is 4.83. The second-order valence-electron chi connectivity index (χ2n) is 6.66. The van der Waals surface area contributed by atoms with Crippen LogP contribution in [-0.2, 0) is 6.54 Å². The van der Waals surface area contributed by atoms with Gasteiger partial charge >= 0.3 is 0 Å². The molecular formula is C18H20ClN3OS. The summed E-state index contributed by atoms with van der Waals surface area (Å²) >= 11 is 7.36. The average molecular weight is 362 g/mol. The minimum Gasteiger partial charge on any atom is -0.336 e. The standard InChI is InChI=1S/C18H20ClN3OS/c19-17-7-6-16(24-17)18(23)22-10-13-4-5-15(12-22)21(9-13)11-14-3-1-2-8-20-14/h1-3,6-8,13,15H,4-5,9-12H2/t13-,15-/m1/s1. The van der Waals surface area contributed by atoms with Gasteiger partial charge in [-0.1, -0.05) is 17.7 Å². The van der Waals surface area contributed by atoms with Crippen LogP contribution in [-0.4, -0.2) is 46.4 Å². The normalized spacial score (nSPS) is 24.1. The zero-order valence-corrected chi connectivity index (χ0v) is 15.0. The van der Waals surface area contributed by atoms with E-state index < -0.39 is 0 Å². The van der Waals surface area contributed by atoms with Gasteiger partial charge in [0.15, 0.2) is 0 Å². The van der Waals surface area contributed by atoms with Gasteiger partial charge in [0.2, 0.25) is 0 Å². The molecule has 1 amide bonds. The summed E-state index contributed by atoms with van der Waals surface area (Å²) in [4.78, 5) is 22.5. The van der Waals surface area contributed by atoms with Crippen LogP contribution in [0.5, 0.6) is 0 Å². The Morgan fingerprint density at radius 1 is 1.21 bits per heavy atom. The molecule has 0 aliphatic carbocycles. The topological polar surface area (TPSA) is 36.4 Å². The highest BCUT2D eigenvalue weighted by molar-refractivity contribution is 7.17. The molecule has 3 fully saturated rings. The maximum Gasteiger partial charge on any atom is 0.264 e. The van der Waals surface area contributed by atoms with E-state index >= 15 is 0 Å². The van der Waals surface area contributed by atoms with Gasteiger partial charge in [0.1, 0.15) is 0 Å². The van der Waals surface area contributed by atoms with Crippen LogP contribution in [0, 0.1) is 5.92 Å². The van der Waals surface area contributed by atoms with E-state index in [1.54, 1.807) is 6.07 Å². The third-order valence-electron chi connectivity index (χ3n) is 4.99. The maximum absolute atomic E-state index is 12.8. The first kappa shape index (κ1) is 16.1. The molecule has 24 heavy (non-hydrogen) atoms. The highest BCUT2D eigenvalue weighted by Crippen LogP contribution is 2.31. The first-order valence-corrected chi connectivity index (χ1v) is 9.57. The molecule has 2 atom stereocenters. The van der Waals surface area contributed by atoms with Crippen LogP contribution in [0.1, 0.15) is 28.2 Å². The monoisotopic (exact) mass is 361 g/mol. The van der Waals surface area contributed by atoms with E-state index in [2.05, 4.69) is 16.0 Å². The van der Waals surface area contributed by atoms with Crippen LogP contribution in [0.2, 0.25) is 4.34 Å². The summed E-state index contributed by atoms with van der Waals surface area (Å²) in [5, 5.41) is 0. The minimum atomic E-state index is 0.128. The van der Waals surface area contributed by atoms with Crippen LogP contribution in [0.4, 0.5) is 0 Å². The number of hydrogen-bond donors (Lipinski definition) is 0. The van der Waals surface area contributed by atoms with Gasteiger partial charge in [-0.05, 0) is 43.0 Å². The number of nitrogens with zero attached hydrogens (tertiary/aromatic N) is 3. The molecule has 5 rings (SSSR count). The largest absolute Gasteiger partial charge is 0.336 e. The molecule has 2 bridgehead atoms. The Labute approximate surface area is 151 Å². The molecule has 0 spiro atoms. The molecular weight excluding hydrogens is 342 g/mol. The average Bonchev–Trinajstić information content (AvgIpc) is 2.83. The first-order valence-electron chi connectivity index (χ1n) is 8.37. The lowest BCUT2D eigenvalue weighted by Crippen LogP contribution is -2.44. The van der Waals surface area contributed by atoms with Crippen molar-refractivity contribution < 1.29 is 4.79 Å². The molecule has 3 aliphatic heterocycles. The Hall–Kier alpha value is -1.43. The van der Waals surface area contributed by atoms with Crippen molar-refractivity contribution in [1.29, 1.82) is 0 Å². The molecule has 0 saturated carbocycles. The van der Waals surface area contributed by atoms with E-state index in [4.69, 9.17) is 11.6 Å². The number of aromatic nitrogens is 1. The lowest BCUT2D eigenvalue weighted by molar-refractivity contribution is 0.0740. The van der Waals surface area contributed by atoms with Gasteiger partial charge in [-0.3, -0.25) is 14.7 Å². The number of carbonyl (C=O) groups is 1. The van der Waals surface area contributed by atoms with Crippen molar-refractivity contribution in [3.8, 4) is 0 Å². The van der Waals surface area contributed by atoms with Crippen molar-refractivity contribution in [3.05, 3.63) is 51.4 Å². The molecule has 126 valence electrons. The second kappa shape index (κ2) is 6.82. The minimum absolute atomic E-state index is 0.128. The van der Waals surface area contributed by atoms with Crippen LogP contribution in [0.3, 0.4) is 0 Å². The van der Waals surface area contributed by atoms with Gasteiger partial charge in [0, 0.05) is 38.4 Å². The number of amides is 1. The summed E-state index contributed by atoms with van der Waals surface area (Å²) in [7, 11) is 0. The van der Waals surface area contributed by atoms with Crippen molar-refractivity contribution in [2.24, 2.45) is 5.92 Å². The Bertz CT molecular complexity index is 720. The summed E-state index contributed by atoms with van der Waals surface area (Å²) in [5.41, 5.74) is 1.10. The highest BCUT2D eigenvalue weighted by Gasteiger charge is 2.36. The Balaban J connectivity index is 1.49. The summed E-state index contributed by atoms with van der Waals surface area (Å²) < 4.78 is 0.674. The highest BCUT2D eigenvalue weighted by atomic mass is 35.5. The number of thiophene rings is 1. The number of rotatable bonds is 3. The molecule has 0 N–H and O–H groups in total. The summed E-state index contributed by atoms with van der Waals surface area (Å²) in [6.45, 7) is 3.58. The number of hydrogen-bond acceptors (Lipinski definition) is 4. The number of piperidine rings is 1. The van der Waals surface area contributed by atoms with Gasteiger partial charge in [0.05, 0.1) is 14.9 Å². The summed E-state index contributed by atoms with van der Waals surface area (Å²) in [6.07, 6.45) is 4.21. The van der Waals surface area contributed by atoms with Crippen molar-refractivity contribution in [2.75, 3.05) is 19.6 Å². The number of halogens is 1. The van der Waals surface area contributed by atoms with E-state index in [1.165, 1.54) is 17.8 Å². The van der Waals surface area contributed by atoms with Gasteiger partial charge in [0.25, 0.3) is 5.91 Å². The summed E-state index contributed by atoms with van der Waals surface area (Å²) in [5.74, 6) is 0.676. The van der Waals surface area contributed by atoms with Crippen LogP contribution in [0.15, 0.2) is 36.5 Å². The third kappa shape index (κ3) is 3.34. The fraction of sp³-hybridized carbons (Fsp3) is 0.444. The summed E-state index contributed by atoms with van der Waals surface area (Å²) in [6, 6.07) is 10.1. The Kier molecular flexibility index (Phi) is 4.57. The van der Waals surface area contributed by atoms with E-state index in [0.717, 1.165) is 43.2 Å². The van der Waals surface area contributed by atoms with Crippen LogP contribution >= 0.6 is 22.9 Å². The van der Waals surface area contributed by atoms with Crippen molar-refractivity contribution in [3.63, 3.8) is 0 Å².